The molecule has 114 valence electrons. The third-order valence-corrected chi connectivity index (χ3v) is 3.92. The number of nitrogen functional groups attached to an aromatic ring is 1. The van der Waals surface area contributed by atoms with Crippen molar-refractivity contribution in [2.75, 3.05) is 12.3 Å². The van der Waals surface area contributed by atoms with Gasteiger partial charge in [-0.1, -0.05) is 33.1 Å². The molecule has 0 radical (unpaired) electrons. The van der Waals surface area contributed by atoms with Crippen LogP contribution in [0.4, 0.5) is 5.69 Å². The van der Waals surface area contributed by atoms with Crippen LogP contribution in [0.15, 0.2) is 24.4 Å². The van der Waals surface area contributed by atoms with Gasteiger partial charge in [-0.2, -0.15) is 0 Å². The van der Waals surface area contributed by atoms with Gasteiger partial charge in [-0.05, 0) is 30.5 Å². The number of anilines is 1. The molecule has 3 N–H and O–H groups in total. The maximum atomic E-state index is 12.2. The molecule has 1 aromatic heterocycles. The first-order chi connectivity index (χ1) is 10.2. The first kappa shape index (κ1) is 15.4. The van der Waals surface area contributed by atoms with Gasteiger partial charge in [0.1, 0.15) is 0 Å². The standard InChI is InChI=1S/C17H24N2O2/c1-3-5-6-12(4-2)11-21-17(20)15-10-19-16-9-13(18)7-8-14(15)16/h7-10,12,19H,3-6,11,18H2,1-2H3. The summed E-state index contributed by atoms with van der Waals surface area (Å²) in [5.74, 6) is 0.190. The zero-order valence-electron chi connectivity index (χ0n) is 12.8. The van der Waals surface area contributed by atoms with Crippen LogP contribution in [-0.4, -0.2) is 17.6 Å². The molecule has 0 amide bonds. The summed E-state index contributed by atoms with van der Waals surface area (Å²) in [6.07, 6.45) is 6.21. The van der Waals surface area contributed by atoms with Gasteiger partial charge in [-0.15, -0.1) is 0 Å². The average molecular weight is 288 g/mol. The lowest BCUT2D eigenvalue weighted by Gasteiger charge is -2.14. The molecular formula is C17H24N2O2. The smallest absolute Gasteiger partial charge is 0.340 e. The molecule has 2 rings (SSSR count). The van der Waals surface area contributed by atoms with Gasteiger partial charge < -0.3 is 15.5 Å². The largest absolute Gasteiger partial charge is 0.462 e. The van der Waals surface area contributed by atoms with Crippen molar-refractivity contribution in [3.63, 3.8) is 0 Å². The Hall–Kier alpha value is -1.97. The molecule has 0 bridgehead atoms. The minimum absolute atomic E-state index is 0.263. The van der Waals surface area contributed by atoms with Gasteiger partial charge in [0, 0.05) is 22.8 Å². The average Bonchev–Trinajstić information content (AvgIpc) is 2.90. The van der Waals surface area contributed by atoms with Crippen LogP contribution in [0, 0.1) is 5.92 Å². The number of nitrogens with one attached hydrogen (secondary N) is 1. The van der Waals surface area contributed by atoms with Crippen molar-refractivity contribution in [3.8, 4) is 0 Å². The maximum absolute atomic E-state index is 12.2. The molecule has 1 unspecified atom stereocenters. The van der Waals surface area contributed by atoms with E-state index in [0.29, 0.717) is 23.8 Å². The minimum Gasteiger partial charge on any atom is -0.462 e. The second kappa shape index (κ2) is 7.16. The molecule has 2 aromatic rings. The Morgan fingerprint density at radius 3 is 2.90 bits per heavy atom. The van der Waals surface area contributed by atoms with Gasteiger partial charge >= 0.3 is 5.97 Å². The van der Waals surface area contributed by atoms with Crippen molar-refractivity contribution in [2.24, 2.45) is 5.92 Å². The molecule has 0 aliphatic carbocycles. The number of aromatic nitrogens is 1. The summed E-state index contributed by atoms with van der Waals surface area (Å²) in [6.45, 7) is 4.82. The molecule has 1 heterocycles. The number of rotatable bonds is 7. The van der Waals surface area contributed by atoms with E-state index in [0.717, 1.165) is 23.7 Å². The first-order valence-electron chi connectivity index (χ1n) is 7.69. The summed E-state index contributed by atoms with van der Waals surface area (Å²) in [7, 11) is 0. The highest BCUT2D eigenvalue weighted by Crippen LogP contribution is 2.22. The summed E-state index contributed by atoms with van der Waals surface area (Å²) < 4.78 is 5.48. The highest BCUT2D eigenvalue weighted by atomic mass is 16.5. The Kier molecular flexibility index (Phi) is 5.26. The van der Waals surface area contributed by atoms with Gasteiger partial charge in [-0.25, -0.2) is 4.79 Å². The van der Waals surface area contributed by atoms with Gasteiger partial charge in [-0.3, -0.25) is 0 Å². The number of ether oxygens (including phenoxy) is 1. The second-order valence-electron chi connectivity index (χ2n) is 5.52. The number of esters is 1. The van der Waals surface area contributed by atoms with Gasteiger partial charge in [0.05, 0.1) is 12.2 Å². The zero-order valence-corrected chi connectivity index (χ0v) is 12.8. The van der Waals surface area contributed by atoms with E-state index in [4.69, 9.17) is 10.5 Å². The van der Waals surface area contributed by atoms with Crippen LogP contribution >= 0.6 is 0 Å². The summed E-state index contributed by atoms with van der Waals surface area (Å²) in [5, 5.41) is 0.857. The van der Waals surface area contributed by atoms with Gasteiger partial charge in [0.2, 0.25) is 0 Å². The van der Waals surface area contributed by atoms with Crippen LogP contribution in [0.1, 0.15) is 49.9 Å². The van der Waals surface area contributed by atoms with Crippen molar-refractivity contribution < 1.29 is 9.53 Å². The number of carbonyl (C=O) groups excluding carboxylic acids is 1. The highest BCUT2D eigenvalue weighted by molar-refractivity contribution is 6.04. The fourth-order valence-corrected chi connectivity index (χ4v) is 2.48. The van der Waals surface area contributed by atoms with E-state index in [9.17, 15) is 4.79 Å². The normalized spacial score (nSPS) is 12.5. The molecule has 0 saturated heterocycles. The lowest BCUT2D eigenvalue weighted by atomic mass is 10.0. The SMILES string of the molecule is CCCCC(CC)COC(=O)c1c[nH]c2cc(N)ccc12. The van der Waals surface area contributed by atoms with Crippen LogP contribution in [-0.2, 0) is 4.74 Å². The summed E-state index contributed by atoms with van der Waals surface area (Å²) in [4.78, 5) is 15.3. The van der Waals surface area contributed by atoms with E-state index in [1.165, 1.54) is 12.8 Å². The summed E-state index contributed by atoms with van der Waals surface area (Å²) in [5.41, 5.74) is 7.85. The van der Waals surface area contributed by atoms with E-state index in [1.807, 2.05) is 12.1 Å². The Morgan fingerprint density at radius 1 is 1.38 bits per heavy atom. The minimum atomic E-state index is -0.263. The number of fused-ring (bicyclic) bond motifs is 1. The number of hydrogen-bond donors (Lipinski definition) is 2. The quantitative estimate of drug-likeness (QED) is 0.594. The van der Waals surface area contributed by atoms with Crippen LogP contribution < -0.4 is 5.73 Å². The molecule has 1 atom stereocenters. The summed E-state index contributed by atoms with van der Waals surface area (Å²) >= 11 is 0. The van der Waals surface area contributed by atoms with Crippen LogP contribution in [0.3, 0.4) is 0 Å². The lowest BCUT2D eigenvalue weighted by molar-refractivity contribution is 0.0430. The molecule has 0 aliphatic rings. The molecule has 0 fully saturated rings. The number of hydrogen-bond acceptors (Lipinski definition) is 3. The summed E-state index contributed by atoms with van der Waals surface area (Å²) in [6, 6.07) is 5.47. The third kappa shape index (κ3) is 3.78. The predicted molar refractivity (Wildman–Crippen MR) is 86.3 cm³/mol. The van der Waals surface area contributed by atoms with Crippen molar-refractivity contribution in [3.05, 3.63) is 30.0 Å². The Morgan fingerprint density at radius 2 is 2.19 bits per heavy atom. The fourth-order valence-electron chi connectivity index (χ4n) is 2.48. The lowest BCUT2D eigenvalue weighted by Crippen LogP contribution is -2.13. The molecular weight excluding hydrogens is 264 g/mol. The monoisotopic (exact) mass is 288 g/mol. The number of nitrogens with two attached hydrogens (primary N) is 1. The second-order valence-corrected chi connectivity index (χ2v) is 5.52. The number of carbonyl (C=O) groups is 1. The zero-order chi connectivity index (χ0) is 15.2. The maximum Gasteiger partial charge on any atom is 0.340 e. The number of aromatic amines is 1. The van der Waals surface area contributed by atoms with E-state index in [-0.39, 0.29) is 5.97 Å². The molecule has 4 heteroatoms. The number of benzene rings is 1. The molecule has 21 heavy (non-hydrogen) atoms. The van der Waals surface area contributed by atoms with Crippen LogP contribution in [0.25, 0.3) is 10.9 Å². The molecule has 0 saturated carbocycles. The van der Waals surface area contributed by atoms with Crippen LogP contribution in [0.5, 0.6) is 0 Å². The molecule has 1 aromatic carbocycles. The topological polar surface area (TPSA) is 68.1 Å². The Balaban J connectivity index is 2.02. The van der Waals surface area contributed by atoms with Gasteiger partial charge in [0.25, 0.3) is 0 Å². The fraction of sp³-hybridized carbons (Fsp3) is 0.471. The van der Waals surface area contributed by atoms with E-state index in [2.05, 4.69) is 18.8 Å². The van der Waals surface area contributed by atoms with Gasteiger partial charge in [0.15, 0.2) is 0 Å². The third-order valence-electron chi connectivity index (χ3n) is 3.92. The van der Waals surface area contributed by atoms with Crippen molar-refractivity contribution in [1.82, 2.24) is 4.98 Å². The predicted octanol–water partition coefficient (Wildman–Crippen LogP) is 4.12. The van der Waals surface area contributed by atoms with Crippen molar-refractivity contribution in [1.29, 1.82) is 0 Å². The molecule has 0 spiro atoms. The Labute approximate surface area is 125 Å². The molecule has 4 nitrogen and oxygen atoms in total. The first-order valence-corrected chi connectivity index (χ1v) is 7.69. The highest BCUT2D eigenvalue weighted by Gasteiger charge is 2.15. The van der Waals surface area contributed by atoms with Crippen molar-refractivity contribution in [2.45, 2.75) is 39.5 Å². The number of H-pyrrole nitrogens is 1. The van der Waals surface area contributed by atoms with Crippen molar-refractivity contribution >= 4 is 22.6 Å². The van der Waals surface area contributed by atoms with E-state index < -0.39 is 0 Å². The molecule has 0 aliphatic heterocycles. The van der Waals surface area contributed by atoms with Crippen LogP contribution in [0.2, 0.25) is 0 Å². The number of unbranched alkanes of at least 4 members (excludes halogenated alkanes) is 1. The Bertz CT molecular complexity index is 604. The van der Waals surface area contributed by atoms with E-state index >= 15 is 0 Å². The van der Waals surface area contributed by atoms with E-state index in [1.54, 1.807) is 12.3 Å².